The average Bonchev–Trinajstić information content (AvgIpc) is 2.15. The third-order valence-electron chi connectivity index (χ3n) is 1.34. The standard InChI is InChI=1S/C5H6N2S/c1-4-3-8-7-5(4)2-6-1/h3,6H,1-2H2. The molecular weight excluding hydrogens is 120 g/mol. The Morgan fingerprint density at radius 3 is 3.50 bits per heavy atom. The fourth-order valence-corrected chi connectivity index (χ4v) is 1.59. The van der Waals surface area contributed by atoms with Crippen LogP contribution in [0.1, 0.15) is 11.3 Å². The van der Waals surface area contributed by atoms with Crippen molar-refractivity contribution in [2.45, 2.75) is 13.1 Å². The predicted molar refractivity (Wildman–Crippen MR) is 32.7 cm³/mol. The molecule has 0 unspecified atom stereocenters. The quantitative estimate of drug-likeness (QED) is 0.554. The summed E-state index contributed by atoms with van der Waals surface area (Å²) in [5, 5.41) is 5.32. The molecule has 0 amide bonds. The number of rotatable bonds is 0. The zero-order chi connectivity index (χ0) is 5.40. The van der Waals surface area contributed by atoms with Gasteiger partial charge in [0.25, 0.3) is 0 Å². The van der Waals surface area contributed by atoms with E-state index in [1.807, 2.05) is 0 Å². The molecule has 0 atom stereocenters. The molecule has 1 aromatic heterocycles. The van der Waals surface area contributed by atoms with E-state index in [9.17, 15) is 0 Å². The Hall–Kier alpha value is -0.410. The molecule has 42 valence electrons. The van der Waals surface area contributed by atoms with E-state index < -0.39 is 0 Å². The molecule has 0 fully saturated rings. The summed E-state index contributed by atoms with van der Waals surface area (Å²) in [6.45, 7) is 1.99. The fourth-order valence-electron chi connectivity index (χ4n) is 0.885. The number of fused-ring (bicyclic) bond motifs is 1. The highest BCUT2D eigenvalue weighted by Gasteiger charge is 2.10. The Morgan fingerprint density at radius 2 is 2.62 bits per heavy atom. The first-order valence-electron chi connectivity index (χ1n) is 2.59. The van der Waals surface area contributed by atoms with Crippen LogP contribution in [0.2, 0.25) is 0 Å². The van der Waals surface area contributed by atoms with Gasteiger partial charge in [0, 0.05) is 24.0 Å². The highest BCUT2D eigenvalue weighted by Crippen LogP contribution is 2.14. The van der Waals surface area contributed by atoms with Crippen LogP contribution in [0.4, 0.5) is 0 Å². The van der Waals surface area contributed by atoms with Crippen LogP contribution in [0.15, 0.2) is 5.38 Å². The van der Waals surface area contributed by atoms with Gasteiger partial charge in [0.1, 0.15) is 0 Å². The lowest BCUT2D eigenvalue weighted by Crippen LogP contribution is -2.00. The van der Waals surface area contributed by atoms with Crippen molar-refractivity contribution >= 4 is 11.5 Å². The van der Waals surface area contributed by atoms with E-state index in [4.69, 9.17) is 0 Å². The molecule has 0 aliphatic carbocycles. The van der Waals surface area contributed by atoms with Crippen LogP contribution >= 0.6 is 11.5 Å². The lowest BCUT2D eigenvalue weighted by atomic mass is 10.3. The number of hydrogen-bond acceptors (Lipinski definition) is 3. The first-order valence-corrected chi connectivity index (χ1v) is 3.43. The van der Waals surface area contributed by atoms with Crippen LogP contribution in [-0.2, 0) is 13.1 Å². The van der Waals surface area contributed by atoms with E-state index in [2.05, 4.69) is 15.1 Å². The summed E-state index contributed by atoms with van der Waals surface area (Å²) in [5.41, 5.74) is 2.63. The van der Waals surface area contributed by atoms with Crippen LogP contribution in [0.25, 0.3) is 0 Å². The molecule has 0 radical (unpaired) electrons. The molecule has 0 saturated heterocycles. The minimum Gasteiger partial charge on any atom is -0.307 e. The van der Waals surface area contributed by atoms with Gasteiger partial charge in [0.15, 0.2) is 0 Å². The van der Waals surface area contributed by atoms with Crippen molar-refractivity contribution in [1.29, 1.82) is 0 Å². The highest BCUT2D eigenvalue weighted by atomic mass is 32.1. The maximum absolute atomic E-state index is 4.18. The van der Waals surface area contributed by atoms with E-state index in [1.165, 1.54) is 11.3 Å². The van der Waals surface area contributed by atoms with E-state index in [-0.39, 0.29) is 0 Å². The number of nitrogens with one attached hydrogen (secondary N) is 1. The summed E-state index contributed by atoms with van der Waals surface area (Å²) in [6.07, 6.45) is 0. The van der Waals surface area contributed by atoms with Crippen LogP contribution in [0, 0.1) is 0 Å². The normalized spacial score (nSPS) is 16.5. The molecule has 2 rings (SSSR count). The van der Waals surface area contributed by atoms with Crippen molar-refractivity contribution in [1.82, 2.24) is 9.69 Å². The Kier molecular flexibility index (Phi) is 0.856. The van der Waals surface area contributed by atoms with Crippen molar-refractivity contribution in [3.05, 3.63) is 16.6 Å². The minimum atomic E-state index is 0.971. The average molecular weight is 126 g/mol. The summed E-state index contributed by atoms with van der Waals surface area (Å²) < 4.78 is 4.18. The Labute approximate surface area is 51.7 Å². The molecule has 1 aliphatic rings. The van der Waals surface area contributed by atoms with Gasteiger partial charge in [-0.15, -0.1) is 0 Å². The Morgan fingerprint density at radius 1 is 1.62 bits per heavy atom. The minimum absolute atomic E-state index is 0.971. The second-order valence-electron chi connectivity index (χ2n) is 1.89. The van der Waals surface area contributed by atoms with Gasteiger partial charge >= 0.3 is 0 Å². The van der Waals surface area contributed by atoms with Crippen molar-refractivity contribution in [3.8, 4) is 0 Å². The van der Waals surface area contributed by atoms with Gasteiger partial charge in [-0.05, 0) is 11.5 Å². The van der Waals surface area contributed by atoms with E-state index in [0.717, 1.165) is 13.1 Å². The maximum atomic E-state index is 4.18. The van der Waals surface area contributed by atoms with E-state index >= 15 is 0 Å². The molecule has 1 aromatic rings. The third-order valence-corrected chi connectivity index (χ3v) is 2.05. The van der Waals surface area contributed by atoms with Crippen molar-refractivity contribution in [2.75, 3.05) is 0 Å². The van der Waals surface area contributed by atoms with Gasteiger partial charge in [-0.1, -0.05) is 0 Å². The summed E-state index contributed by atoms with van der Waals surface area (Å²) in [4.78, 5) is 0. The first-order chi connectivity index (χ1) is 3.97. The molecule has 1 N–H and O–H groups in total. The largest absolute Gasteiger partial charge is 0.307 e. The lowest BCUT2D eigenvalue weighted by molar-refractivity contribution is 0.758. The topological polar surface area (TPSA) is 24.9 Å². The van der Waals surface area contributed by atoms with Gasteiger partial charge in [-0.25, -0.2) is 0 Å². The molecule has 0 bridgehead atoms. The number of aromatic nitrogens is 1. The first kappa shape index (κ1) is 4.47. The summed E-state index contributed by atoms with van der Waals surface area (Å²) >= 11 is 1.55. The Bertz CT molecular complexity index is 176. The van der Waals surface area contributed by atoms with Crippen molar-refractivity contribution in [2.24, 2.45) is 0 Å². The van der Waals surface area contributed by atoms with E-state index in [0.29, 0.717) is 0 Å². The molecule has 2 nitrogen and oxygen atoms in total. The zero-order valence-corrected chi connectivity index (χ0v) is 5.16. The van der Waals surface area contributed by atoms with Crippen LogP contribution in [-0.4, -0.2) is 4.37 Å². The monoisotopic (exact) mass is 126 g/mol. The molecule has 3 heteroatoms. The number of nitrogens with zero attached hydrogens (tertiary/aromatic N) is 1. The van der Waals surface area contributed by atoms with Crippen molar-refractivity contribution in [3.63, 3.8) is 0 Å². The second-order valence-corrected chi connectivity index (χ2v) is 2.52. The molecule has 0 aromatic carbocycles. The molecular formula is C5H6N2S. The summed E-state index contributed by atoms with van der Waals surface area (Å²) in [7, 11) is 0. The number of hydrogen-bond donors (Lipinski definition) is 1. The van der Waals surface area contributed by atoms with Crippen LogP contribution in [0.3, 0.4) is 0 Å². The van der Waals surface area contributed by atoms with Gasteiger partial charge in [-0.3, -0.25) is 0 Å². The molecule has 1 aliphatic heterocycles. The lowest BCUT2D eigenvalue weighted by Gasteiger charge is -1.81. The molecule has 0 saturated carbocycles. The smallest absolute Gasteiger partial charge is 0.0725 e. The zero-order valence-electron chi connectivity index (χ0n) is 4.35. The molecule has 8 heavy (non-hydrogen) atoms. The SMILES string of the molecule is c1snc2c1CNC2. The van der Waals surface area contributed by atoms with Gasteiger partial charge in [0.05, 0.1) is 5.69 Å². The van der Waals surface area contributed by atoms with Crippen LogP contribution in [0.5, 0.6) is 0 Å². The van der Waals surface area contributed by atoms with Crippen LogP contribution < -0.4 is 5.32 Å². The fraction of sp³-hybridized carbons (Fsp3) is 0.400. The summed E-state index contributed by atoms with van der Waals surface area (Å²) in [6, 6.07) is 0. The maximum Gasteiger partial charge on any atom is 0.0725 e. The molecule has 0 spiro atoms. The predicted octanol–water partition coefficient (Wildman–Crippen LogP) is 0.746. The van der Waals surface area contributed by atoms with Gasteiger partial charge in [-0.2, -0.15) is 4.37 Å². The molecule has 2 heterocycles. The summed E-state index contributed by atoms with van der Waals surface area (Å²) in [5.74, 6) is 0. The Balaban J connectivity index is 2.54. The third kappa shape index (κ3) is 0.485. The van der Waals surface area contributed by atoms with Crippen molar-refractivity contribution < 1.29 is 0 Å². The van der Waals surface area contributed by atoms with Gasteiger partial charge < -0.3 is 5.32 Å². The van der Waals surface area contributed by atoms with Gasteiger partial charge in [0.2, 0.25) is 0 Å². The highest BCUT2D eigenvalue weighted by molar-refractivity contribution is 7.03. The second kappa shape index (κ2) is 1.53. The van der Waals surface area contributed by atoms with E-state index in [1.54, 1.807) is 11.5 Å².